The van der Waals surface area contributed by atoms with Gasteiger partial charge in [0.2, 0.25) is 0 Å². The molecule has 0 amide bonds. The van der Waals surface area contributed by atoms with Crippen LogP contribution in [0.2, 0.25) is 0 Å². The Bertz CT molecular complexity index is 660. The summed E-state index contributed by atoms with van der Waals surface area (Å²) in [7, 11) is 2.04. The molecule has 1 saturated heterocycles. The van der Waals surface area contributed by atoms with Gasteiger partial charge in [0.1, 0.15) is 0 Å². The Morgan fingerprint density at radius 1 is 1.13 bits per heavy atom. The Hall–Kier alpha value is -2.33. The summed E-state index contributed by atoms with van der Waals surface area (Å²) in [5, 5.41) is 13.5. The van der Waals surface area contributed by atoms with Crippen molar-refractivity contribution in [1.29, 1.82) is 0 Å². The van der Waals surface area contributed by atoms with Gasteiger partial charge in [-0.2, -0.15) is 0 Å². The lowest BCUT2D eigenvalue weighted by atomic mass is 9.77. The van der Waals surface area contributed by atoms with E-state index in [1.54, 1.807) is 0 Å². The van der Waals surface area contributed by atoms with Crippen LogP contribution in [0.1, 0.15) is 12.0 Å². The van der Waals surface area contributed by atoms with Crippen LogP contribution in [0.3, 0.4) is 0 Å². The molecule has 0 aromatic heterocycles. The van der Waals surface area contributed by atoms with Crippen LogP contribution < -0.4 is 5.32 Å². The second-order valence-corrected chi connectivity index (χ2v) is 6.22. The number of nitrogens with zero attached hydrogens (tertiary/aromatic N) is 1. The largest absolute Gasteiger partial charge is 0.479 e. The Labute approximate surface area is 136 Å². The van der Waals surface area contributed by atoms with Crippen LogP contribution in [0.25, 0.3) is 0 Å². The fraction of sp³-hybridized carbons (Fsp3) is 0.316. The van der Waals surface area contributed by atoms with Gasteiger partial charge in [-0.3, -0.25) is 0 Å². The highest BCUT2D eigenvalue weighted by Gasteiger charge is 2.49. The van der Waals surface area contributed by atoms with E-state index in [0.717, 1.165) is 30.8 Å². The molecule has 1 aliphatic rings. The van der Waals surface area contributed by atoms with E-state index in [1.165, 1.54) is 0 Å². The molecule has 0 aliphatic carbocycles. The lowest BCUT2D eigenvalue weighted by Crippen LogP contribution is -2.50. The molecule has 0 bridgehead atoms. The predicted molar refractivity (Wildman–Crippen MR) is 91.4 cm³/mol. The van der Waals surface area contributed by atoms with E-state index in [9.17, 15) is 9.90 Å². The number of carbonyl (C=O) groups is 1. The van der Waals surface area contributed by atoms with Gasteiger partial charge in [0.25, 0.3) is 0 Å². The minimum absolute atomic E-state index is 0.00704. The van der Waals surface area contributed by atoms with Crippen LogP contribution in [-0.4, -0.2) is 36.1 Å². The molecule has 2 N–H and O–H groups in total. The van der Waals surface area contributed by atoms with Crippen molar-refractivity contribution in [2.24, 2.45) is 5.92 Å². The minimum atomic E-state index is -1.12. The maximum absolute atomic E-state index is 12.4. The lowest BCUT2D eigenvalue weighted by Gasteiger charge is -2.37. The molecular formula is C19H22N2O2. The van der Waals surface area contributed by atoms with Gasteiger partial charge >= 0.3 is 5.97 Å². The monoisotopic (exact) mass is 310 g/mol. The third-order valence-electron chi connectivity index (χ3n) is 4.69. The molecule has 4 nitrogen and oxygen atoms in total. The number of carboxylic acid groups (broad SMARTS) is 1. The zero-order valence-electron chi connectivity index (χ0n) is 13.3. The highest BCUT2D eigenvalue weighted by molar-refractivity contribution is 5.85. The Morgan fingerprint density at radius 2 is 1.74 bits per heavy atom. The van der Waals surface area contributed by atoms with Crippen molar-refractivity contribution in [3.63, 3.8) is 0 Å². The van der Waals surface area contributed by atoms with Crippen LogP contribution in [0.15, 0.2) is 60.7 Å². The lowest BCUT2D eigenvalue weighted by molar-refractivity contribution is -0.144. The number of hydrogen-bond acceptors (Lipinski definition) is 3. The molecule has 0 saturated carbocycles. The van der Waals surface area contributed by atoms with Crippen molar-refractivity contribution in [3.8, 4) is 0 Å². The summed E-state index contributed by atoms with van der Waals surface area (Å²) in [6, 6.07) is 19.1. The molecule has 1 fully saturated rings. The van der Waals surface area contributed by atoms with E-state index < -0.39 is 11.5 Å². The van der Waals surface area contributed by atoms with Gasteiger partial charge in [-0.15, -0.1) is 0 Å². The molecule has 4 heteroatoms. The summed E-state index contributed by atoms with van der Waals surface area (Å²) in [5.41, 5.74) is 0.512. The van der Waals surface area contributed by atoms with Crippen molar-refractivity contribution >= 4 is 11.7 Å². The molecule has 1 aliphatic heterocycles. The molecule has 0 radical (unpaired) electrons. The van der Waals surface area contributed by atoms with Crippen molar-refractivity contribution in [2.75, 3.05) is 25.5 Å². The second kappa shape index (κ2) is 6.42. The first-order valence-corrected chi connectivity index (χ1v) is 7.93. The quantitative estimate of drug-likeness (QED) is 0.891. The van der Waals surface area contributed by atoms with Gasteiger partial charge in [-0.1, -0.05) is 48.5 Å². The van der Waals surface area contributed by atoms with E-state index in [0.29, 0.717) is 0 Å². The summed E-state index contributed by atoms with van der Waals surface area (Å²) in [6.45, 7) is 1.68. The first-order chi connectivity index (χ1) is 11.1. The minimum Gasteiger partial charge on any atom is -0.479 e. The molecule has 0 spiro atoms. The summed E-state index contributed by atoms with van der Waals surface area (Å²) in [5.74, 6) is -0.819. The smallest absolute Gasteiger partial charge is 0.334 e. The van der Waals surface area contributed by atoms with Crippen molar-refractivity contribution in [3.05, 3.63) is 66.2 Å². The van der Waals surface area contributed by atoms with Crippen LogP contribution in [0, 0.1) is 5.92 Å². The standard InChI is InChI=1S/C19H22N2O2/c1-21-13-12-16(14-21)19(18(22)23,15-8-4-2-5-9-15)20-17-10-6-3-7-11-17/h2-11,16,20H,12-14H2,1H3,(H,22,23)/t16-,19?/m0/s1. The number of hydrogen-bond donors (Lipinski definition) is 2. The third kappa shape index (κ3) is 2.94. The van der Waals surface area contributed by atoms with Gasteiger partial charge < -0.3 is 15.3 Å². The Balaban J connectivity index is 2.08. The van der Waals surface area contributed by atoms with Gasteiger partial charge in [0.15, 0.2) is 5.54 Å². The van der Waals surface area contributed by atoms with E-state index in [4.69, 9.17) is 0 Å². The summed E-state index contributed by atoms with van der Waals surface area (Å²) < 4.78 is 0. The molecule has 1 unspecified atom stereocenters. The predicted octanol–water partition coefficient (Wildman–Crippen LogP) is 3.03. The maximum Gasteiger partial charge on any atom is 0.334 e. The highest BCUT2D eigenvalue weighted by Crippen LogP contribution is 2.39. The molecule has 2 aromatic carbocycles. The number of carboxylic acids is 1. The number of para-hydroxylation sites is 1. The molecule has 2 atom stereocenters. The molecule has 120 valence electrons. The number of rotatable bonds is 5. The molecule has 1 heterocycles. The first kappa shape index (κ1) is 15.6. The fourth-order valence-corrected chi connectivity index (χ4v) is 3.50. The zero-order chi connectivity index (χ0) is 16.3. The molecular weight excluding hydrogens is 288 g/mol. The number of nitrogens with one attached hydrogen (secondary N) is 1. The van der Waals surface area contributed by atoms with Crippen molar-refractivity contribution < 1.29 is 9.90 Å². The number of aliphatic carboxylic acids is 1. The van der Waals surface area contributed by atoms with Crippen LogP contribution in [0.4, 0.5) is 5.69 Å². The number of anilines is 1. The number of benzene rings is 2. The van der Waals surface area contributed by atoms with Gasteiger partial charge in [-0.25, -0.2) is 4.79 Å². The van der Waals surface area contributed by atoms with Crippen LogP contribution in [-0.2, 0) is 10.3 Å². The topological polar surface area (TPSA) is 52.6 Å². The Kier molecular flexibility index (Phi) is 4.35. The van der Waals surface area contributed by atoms with Gasteiger partial charge in [0, 0.05) is 18.2 Å². The van der Waals surface area contributed by atoms with Gasteiger partial charge in [0.05, 0.1) is 0 Å². The molecule has 2 aromatic rings. The normalized spacial score (nSPS) is 20.8. The number of likely N-dealkylation sites (tertiary alicyclic amines) is 1. The van der Waals surface area contributed by atoms with Crippen molar-refractivity contribution in [2.45, 2.75) is 12.0 Å². The summed E-state index contributed by atoms with van der Waals surface area (Å²) in [4.78, 5) is 14.6. The molecule has 3 rings (SSSR count). The summed E-state index contributed by atoms with van der Waals surface area (Å²) in [6.07, 6.45) is 0.859. The van der Waals surface area contributed by atoms with E-state index in [-0.39, 0.29) is 5.92 Å². The van der Waals surface area contributed by atoms with Crippen molar-refractivity contribution in [1.82, 2.24) is 4.90 Å². The van der Waals surface area contributed by atoms with Gasteiger partial charge in [-0.05, 0) is 37.7 Å². The molecule has 23 heavy (non-hydrogen) atoms. The average molecular weight is 310 g/mol. The van der Waals surface area contributed by atoms with Crippen LogP contribution in [0.5, 0.6) is 0 Å². The maximum atomic E-state index is 12.4. The zero-order valence-corrected chi connectivity index (χ0v) is 13.3. The van der Waals surface area contributed by atoms with E-state index >= 15 is 0 Å². The summed E-state index contributed by atoms with van der Waals surface area (Å²) >= 11 is 0. The third-order valence-corrected chi connectivity index (χ3v) is 4.69. The van der Waals surface area contributed by atoms with E-state index in [1.807, 2.05) is 67.7 Å². The fourth-order valence-electron chi connectivity index (χ4n) is 3.50. The van der Waals surface area contributed by atoms with E-state index in [2.05, 4.69) is 10.2 Å². The first-order valence-electron chi connectivity index (χ1n) is 7.93. The SMILES string of the molecule is CN1CC[C@H](C(Nc2ccccc2)(C(=O)O)c2ccccc2)C1. The Morgan fingerprint density at radius 3 is 2.26 bits per heavy atom. The highest BCUT2D eigenvalue weighted by atomic mass is 16.4. The second-order valence-electron chi connectivity index (χ2n) is 6.22. The average Bonchev–Trinajstić information content (AvgIpc) is 3.01. The van der Waals surface area contributed by atoms with Crippen LogP contribution >= 0.6 is 0 Å².